The topological polar surface area (TPSA) is 29.5 Å². The van der Waals surface area contributed by atoms with Crippen molar-refractivity contribution in [3.63, 3.8) is 0 Å². The molecule has 1 aromatic carbocycles. The van der Waals surface area contributed by atoms with Crippen LogP contribution >= 0.6 is 0 Å². The molecule has 2 nitrogen and oxygen atoms in total. The van der Waals surface area contributed by atoms with Gasteiger partial charge in [0, 0.05) is 18.6 Å². The van der Waals surface area contributed by atoms with Crippen LogP contribution in [0.5, 0.6) is 5.75 Å². The van der Waals surface area contributed by atoms with E-state index in [2.05, 4.69) is 0 Å². The van der Waals surface area contributed by atoms with Gasteiger partial charge >= 0.3 is 0 Å². The Morgan fingerprint density at radius 2 is 2.25 bits per heavy atom. The lowest BCUT2D eigenvalue weighted by Gasteiger charge is -2.24. The van der Waals surface area contributed by atoms with Crippen molar-refractivity contribution < 1.29 is 14.2 Å². The van der Waals surface area contributed by atoms with E-state index in [1.165, 1.54) is 12.1 Å². The van der Waals surface area contributed by atoms with Crippen molar-refractivity contribution in [2.24, 2.45) is 5.41 Å². The van der Waals surface area contributed by atoms with Crippen LogP contribution in [0.1, 0.15) is 25.8 Å². The van der Waals surface area contributed by atoms with E-state index >= 15 is 0 Å². The number of aliphatic hydroxyl groups is 1. The molecule has 1 aliphatic rings. The van der Waals surface area contributed by atoms with Crippen molar-refractivity contribution in [1.82, 2.24) is 0 Å². The number of hydrogen-bond donors (Lipinski definition) is 1. The normalized spacial score (nSPS) is 19.4. The second-order valence-electron chi connectivity index (χ2n) is 5.22. The second-order valence-corrected chi connectivity index (χ2v) is 5.22. The van der Waals surface area contributed by atoms with Gasteiger partial charge in [-0.25, -0.2) is 4.39 Å². The lowest BCUT2D eigenvalue weighted by Crippen LogP contribution is -2.26. The Kier molecular flexibility index (Phi) is 2.89. The SMILES string of the molecule is CC(C)(CO)CC1Cc2cc(F)ccc2O1. The van der Waals surface area contributed by atoms with E-state index in [4.69, 9.17) is 4.74 Å². The lowest BCUT2D eigenvalue weighted by molar-refractivity contribution is 0.0964. The molecule has 0 aliphatic carbocycles. The first-order valence-corrected chi connectivity index (χ1v) is 5.56. The third kappa shape index (κ3) is 2.35. The quantitative estimate of drug-likeness (QED) is 0.855. The van der Waals surface area contributed by atoms with Gasteiger partial charge in [0.2, 0.25) is 0 Å². The summed E-state index contributed by atoms with van der Waals surface area (Å²) >= 11 is 0. The summed E-state index contributed by atoms with van der Waals surface area (Å²) in [5.41, 5.74) is 0.782. The highest BCUT2D eigenvalue weighted by Crippen LogP contribution is 2.34. The van der Waals surface area contributed by atoms with Crippen molar-refractivity contribution in [1.29, 1.82) is 0 Å². The molecule has 0 bridgehead atoms. The van der Waals surface area contributed by atoms with Crippen molar-refractivity contribution in [3.8, 4) is 5.75 Å². The van der Waals surface area contributed by atoms with Gasteiger partial charge in [0.25, 0.3) is 0 Å². The summed E-state index contributed by atoms with van der Waals surface area (Å²) in [6.07, 6.45) is 1.56. The van der Waals surface area contributed by atoms with E-state index in [0.717, 1.165) is 24.2 Å². The molecule has 0 saturated carbocycles. The molecule has 0 aromatic heterocycles. The fourth-order valence-corrected chi connectivity index (χ4v) is 2.08. The molecular weight excluding hydrogens is 207 g/mol. The number of aliphatic hydroxyl groups excluding tert-OH is 1. The Balaban J connectivity index is 2.06. The van der Waals surface area contributed by atoms with Gasteiger partial charge in [-0.2, -0.15) is 0 Å². The molecule has 0 amide bonds. The zero-order valence-corrected chi connectivity index (χ0v) is 9.66. The standard InChI is InChI=1S/C13H17FO2/c1-13(2,8-15)7-11-6-9-5-10(14)3-4-12(9)16-11/h3-5,11,15H,6-8H2,1-2H3. The smallest absolute Gasteiger partial charge is 0.123 e. The van der Waals surface area contributed by atoms with Crippen LogP contribution in [-0.2, 0) is 6.42 Å². The number of rotatable bonds is 3. The van der Waals surface area contributed by atoms with E-state index in [1.807, 2.05) is 13.8 Å². The van der Waals surface area contributed by atoms with E-state index in [-0.39, 0.29) is 23.9 Å². The third-order valence-electron chi connectivity index (χ3n) is 2.97. The summed E-state index contributed by atoms with van der Waals surface area (Å²) in [6.45, 7) is 4.14. The molecule has 1 atom stereocenters. The van der Waals surface area contributed by atoms with Gasteiger partial charge in [-0.05, 0) is 30.0 Å². The minimum Gasteiger partial charge on any atom is -0.490 e. The highest BCUT2D eigenvalue weighted by atomic mass is 19.1. The van der Waals surface area contributed by atoms with Crippen LogP contribution in [0, 0.1) is 11.2 Å². The molecule has 16 heavy (non-hydrogen) atoms. The van der Waals surface area contributed by atoms with Crippen molar-refractivity contribution >= 4 is 0 Å². The molecule has 1 unspecified atom stereocenters. The molecule has 1 N–H and O–H groups in total. The average Bonchev–Trinajstić information content (AvgIpc) is 2.58. The molecule has 3 heteroatoms. The van der Waals surface area contributed by atoms with E-state index in [9.17, 15) is 9.50 Å². The summed E-state index contributed by atoms with van der Waals surface area (Å²) in [6, 6.07) is 4.62. The number of hydrogen-bond acceptors (Lipinski definition) is 2. The Morgan fingerprint density at radius 3 is 2.94 bits per heavy atom. The van der Waals surface area contributed by atoms with Crippen LogP contribution < -0.4 is 4.74 Å². The molecule has 1 aromatic rings. The van der Waals surface area contributed by atoms with Crippen LogP contribution in [0.25, 0.3) is 0 Å². The predicted molar refractivity (Wildman–Crippen MR) is 60.0 cm³/mol. The zero-order chi connectivity index (χ0) is 11.8. The van der Waals surface area contributed by atoms with Crippen molar-refractivity contribution in [3.05, 3.63) is 29.6 Å². The Hall–Kier alpha value is -1.09. The van der Waals surface area contributed by atoms with Gasteiger partial charge in [-0.3, -0.25) is 0 Å². The van der Waals surface area contributed by atoms with Crippen molar-refractivity contribution in [2.45, 2.75) is 32.8 Å². The molecule has 0 radical (unpaired) electrons. The highest BCUT2D eigenvalue weighted by Gasteiger charge is 2.29. The molecule has 1 heterocycles. The summed E-state index contributed by atoms with van der Waals surface area (Å²) in [7, 11) is 0. The molecule has 0 fully saturated rings. The van der Waals surface area contributed by atoms with Gasteiger partial charge in [0.1, 0.15) is 17.7 Å². The highest BCUT2D eigenvalue weighted by molar-refractivity contribution is 5.37. The molecule has 1 aliphatic heterocycles. The Labute approximate surface area is 95.1 Å². The summed E-state index contributed by atoms with van der Waals surface area (Å²) in [5.74, 6) is 0.560. The van der Waals surface area contributed by atoms with Crippen molar-refractivity contribution in [2.75, 3.05) is 6.61 Å². The van der Waals surface area contributed by atoms with Crippen LogP contribution in [0.2, 0.25) is 0 Å². The third-order valence-corrected chi connectivity index (χ3v) is 2.97. The number of halogens is 1. The van der Waals surface area contributed by atoms with Crippen LogP contribution in [0.3, 0.4) is 0 Å². The van der Waals surface area contributed by atoms with Gasteiger partial charge < -0.3 is 9.84 Å². The maximum atomic E-state index is 13.0. The van der Waals surface area contributed by atoms with Gasteiger partial charge in [0.15, 0.2) is 0 Å². The predicted octanol–water partition coefficient (Wildman–Crippen LogP) is 2.54. The average molecular weight is 224 g/mol. The summed E-state index contributed by atoms with van der Waals surface area (Å²) in [4.78, 5) is 0. The largest absolute Gasteiger partial charge is 0.490 e. The number of benzene rings is 1. The summed E-state index contributed by atoms with van der Waals surface area (Å²) < 4.78 is 18.7. The molecule has 0 saturated heterocycles. The Morgan fingerprint density at radius 1 is 1.50 bits per heavy atom. The first-order chi connectivity index (χ1) is 7.50. The first kappa shape index (κ1) is 11.4. The van der Waals surface area contributed by atoms with E-state index < -0.39 is 0 Å². The van der Waals surface area contributed by atoms with Crippen LogP contribution in [0.4, 0.5) is 4.39 Å². The van der Waals surface area contributed by atoms with Gasteiger partial charge in [-0.1, -0.05) is 13.8 Å². The fraction of sp³-hybridized carbons (Fsp3) is 0.538. The van der Waals surface area contributed by atoms with E-state index in [1.54, 1.807) is 6.07 Å². The second kappa shape index (κ2) is 4.06. The van der Waals surface area contributed by atoms with Crippen LogP contribution in [-0.4, -0.2) is 17.8 Å². The molecule has 88 valence electrons. The van der Waals surface area contributed by atoms with Crippen LogP contribution in [0.15, 0.2) is 18.2 Å². The molecule has 2 rings (SSSR count). The first-order valence-electron chi connectivity index (χ1n) is 5.56. The maximum Gasteiger partial charge on any atom is 0.123 e. The minimum absolute atomic E-state index is 0.0546. The number of fused-ring (bicyclic) bond motifs is 1. The minimum atomic E-state index is -0.218. The number of ether oxygens (including phenoxy) is 1. The van der Waals surface area contributed by atoms with Gasteiger partial charge in [-0.15, -0.1) is 0 Å². The van der Waals surface area contributed by atoms with Gasteiger partial charge in [0.05, 0.1) is 0 Å². The molecule has 0 spiro atoms. The zero-order valence-electron chi connectivity index (χ0n) is 9.66. The maximum absolute atomic E-state index is 13.0. The monoisotopic (exact) mass is 224 g/mol. The summed E-state index contributed by atoms with van der Waals surface area (Å²) in [5, 5.41) is 9.20. The fourth-order valence-electron chi connectivity index (χ4n) is 2.08. The van der Waals surface area contributed by atoms with E-state index in [0.29, 0.717) is 0 Å². The molecular formula is C13H17FO2. The lowest BCUT2D eigenvalue weighted by atomic mass is 9.86. The Bertz CT molecular complexity index is 388.